The van der Waals surface area contributed by atoms with E-state index < -0.39 is 5.60 Å². The summed E-state index contributed by atoms with van der Waals surface area (Å²) < 4.78 is 0. The van der Waals surface area contributed by atoms with Crippen molar-refractivity contribution in [1.82, 2.24) is 4.90 Å². The summed E-state index contributed by atoms with van der Waals surface area (Å²) >= 11 is 0. The third-order valence-electron chi connectivity index (χ3n) is 3.26. The van der Waals surface area contributed by atoms with E-state index in [2.05, 4.69) is 4.90 Å². The number of ketones is 1. The molecule has 0 radical (unpaired) electrons. The Morgan fingerprint density at radius 3 is 2.53 bits per heavy atom. The first kappa shape index (κ1) is 12.7. The fraction of sp³-hybridized carbons (Fsp3) is 0.917. The van der Waals surface area contributed by atoms with Crippen LogP contribution in [-0.2, 0) is 4.79 Å². The predicted octanol–water partition coefficient (Wildman–Crippen LogP) is 1.59. The number of aliphatic hydroxyl groups is 1. The summed E-state index contributed by atoms with van der Waals surface area (Å²) in [6.45, 7) is 6.76. The lowest BCUT2D eigenvalue weighted by atomic mass is 9.94. The number of hydrogen-bond donors (Lipinski definition) is 1. The number of hydrogen-bond acceptors (Lipinski definition) is 3. The first-order valence-corrected chi connectivity index (χ1v) is 6.00. The summed E-state index contributed by atoms with van der Waals surface area (Å²) in [5.74, 6) is 0.360. The minimum absolute atomic E-state index is 0.360. The van der Waals surface area contributed by atoms with E-state index >= 15 is 0 Å². The van der Waals surface area contributed by atoms with Gasteiger partial charge in [0, 0.05) is 25.9 Å². The third kappa shape index (κ3) is 4.76. The maximum absolute atomic E-state index is 11.1. The predicted molar refractivity (Wildman–Crippen MR) is 60.8 cm³/mol. The molecule has 1 heterocycles. The zero-order valence-electron chi connectivity index (χ0n) is 9.96. The number of nitrogens with zero attached hydrogens (tertiary/aromatic N) is 1. The van der Waals surface area contributed by atoms with Crippen LogP contribution in [0.25, 0.3) is 0 Å². The van der Waals surface area contributed by atoms with Crippen molar-refractivity contribution in [2.45, 2.75) is 51.6 Å². The van der Waals surface area contributed by atoms with Crippen LogP contribution in [0.15, 0.2) is 0 Å². The molecule has 88 valence electrons. The Labute approximate surface area is 92.5 Å². The number of carbonyl (C=O) groups excluding carboxylic acids is 1. The van der Waals surface area contributed by atoms with Crippen molar-refractivity contribution in [2.75, 3.05) is 19.6 Å². The lowest BCUT2D eigenvalue weighted by Gasteiger charge is -2.35. The zero-order chi connectivity index (χ0) is 11.3. The Balaban J connectivity index is 2.11. The molecule has 1 saturated heterocycles. The molecule has 3 nitrogen and oxygen atoms in total. The zero-order valence-corrected chi connectivity index (χ0v) is 9.96. The summed E-state index contributed by atoms with van der Waals surface area (Å²) in [5.41, 5.74) is -0.463. The number of carbonyl (C=O) groups is 1. The van der Waals surface area contributed by atoms with Gasteiger partial charge in [0.1, 0.15) is 5.78 Å². The largest absolute Gasteiger partial charge is 0.390 e. The van der Waals surface area contributed by atoms with Gasteiger partial charge in [0.05, 0.1) is 5.60 Å². The van der Waals surface area contributed by atoms with Crippen molar-refractivity contribution in [3.63, 3.8) is 0 Å². The van der Waals surface area contributed by atoms with Crippen LogP contribution in [0.5, 0.6) is 0 Å². The van der Waals surface area contributed by atoms with Crippen LogP contribution in [0.3, 0.4) is 0 Å². The molecular weight excluding hydrogens is 190 g/mol. The van der Waals surface area contributed by atoms with Crippen LogP contribution in [0.1, 0.15) is 46.0 Å². The number of rotatable bonds is 5. The van der Waals surface area contributed by atoms with Gasteiger partial charge < -0.3 is 10.0 Å². The monoisotopic (exact) mass is 213 g/mol. The average Bonchev–Trinajstić information content (AvgIpc) is 2.20. The molecule has 1 fully saturated rings. The van der Waals surface area contributed by atoms with E-state index in [1.807, 2.05) is 13.8 Å². The van der Waals surface area contributed by atoms with Gasteiger partial charge in [-0.25, -0.2) is 0 Å². The molecule has 0 bridgehead atoms. The second kappa shape index (κ2) is 5.61. The Hall–Kier alpha value is -0.410. The standard InChI is InChI=1S/C12H23NO2/c1-3-11(14)5-4-8-13-9-6-12(2,15)7-10-13/h15H,3-10H2,1-2H3. The molecule has 0 aromatic heterocycles. The van der Waals surface area contributed by atoms with E-state index in [1.54, 1.807) is 0 Å². The number of likely N-dealkylation sites (tertiary alicyclic amines) is 1. The van der Waals surface area contributed by atoms with E-state index in [4.69, 9.17) is 0 Å². The second-order valence-corrected chi connectivity index (χ2v) is 4.83. The molecule has 0 spiro atoms. The maximum Gasteiger partial charge on any atom is 0.132 e. The van der Waals surface area contributed by atoms with Crippen LogP contribution in [0, 0.1) is 0 Å². The molecule has 1 aliphatic rings. The molecule has 0 aromatic carbocycles. The highest BCUT2D eigenvalue weighted by atomic mass is 16.3. The van der Waals surface area contributed by atoms with Crippen LogP contribution in [0.2, 0.25) is 0 Å². The fourth-order valence-electron chi connectivity index (χ4n) is 1.93. The van der Waals surface area contributed by atoms with E-state index in [1.165, 1.54) is 0 Å². The topological polar surface area (TPSA) is 40.5 Å². The molecule has 0 unspecified atom stereocenters. The van der Waals surface area contributed by atoms with Gasteiger partial charge in [-0.1, -0.05) is 6.92 Å². The van der Waals surface area contributed by atoms with Crippen LogP contribution < -0.4 is 0 Å². The van der Waals surface area contributed by atoms with Gasteiger partial charge in [0.2, 0.25) is 0 Å². The molecule has 3 heteroatoms. The van der Waals surface area contributed by atoms with Gasteiger partial charge in [-0.3, -0.25) is 4.79 Å². The van der Waals surface area contributed by atoms with E-state index in [-0.39, 0.29) is 0 Å². The molecule has 1 aliphatic heterocycles. The van der Waals surface area contributed by atoms with E-state index in [0.717, 1.165) is 38.9 Å². The van der Waals surface area contributed by atoms with Gasteiger partial charge in [0.15, 0.2) is 0 Å². The number of piperidine rings is 1. The minimum atomic E-state index is -0.463. The molecule has 1 rings (SSSR count). The first-order chi connectivity index (χ1) is 7.03. The molecule has 0 amide bonds. The van der Waals surface area contributed by atoms with Crippen molar-refractivity contribution in [3.8, 4) is 0 Å². The molecule has 0 aliphatic carbocycles. The summed E-state index contributed by atoms with van der Waals surface area (Å²) in [5, 5.41) is 9.76. The van der Waals surface area contributed by atoms with Crippen molar-refractivity contribution in [2.24, 2.45) is 0 Å². The molecular formula is C12H23NO2. The highest BCUT2D eigenvalue weighted by Gasteiger charge is 2.26. The molecule has 0 aromatic rings. The van der Waals surface area contributed by atoms with Crippen LogP contribution in [-0.4, -0.2) is 41.0 Å². The Kier molecular flexibility index (Phi) is 4.74. The summed E-state index contributed by atoms with van der Waals surface area (Å²) in [6, 6.07) is 0. The Morgan fingerprint density at radius 2 is 2.00 bits per heavy atom. The van der Waals surface area contributed by atoms with Gasteiger partial charge >= 0.3 is 0 Å². The van der Waals surface area contributed by atoms with Crippen LogP contribution in [0.4, 0.5) is 0 Å². The lowest BCUT2D eigenvalue weighted by Crippen LogP contribution is -2.42. The van der Waals surface area contributed by atoms with Gasteiger partial charge in [0.25, 0.3) is 0 Å². The highest BCUT2D eigenvalue weighted by molar-refractivity contribution is 5.77. The highest BCUT2D eigenvalue weighted by Crippen LogP contribution is 2.21. The maximum atomic E-state index is 11.1. The minimum Gasteiger partial charge on any atom is -0.390 e. The first-order valence-electron chi connectivity index (χ1n) is 6.00. The van der Waals surface area contributed by atoms with Crippen molar-refractivity contribution in [1.29, 1.82) is 0 Å². The van der Waals surface area contributed by atoms with Crippen molar-refractivity contribution in [3.05, 3.63) is 0 Å². The second-order valence-electron chi connectivity index (χ2n) is 4.83. The SMILES string of the molecule is CCC(=O)CCCN1CCC(C)(O)CC1. The lowest BCUT2D eigenvalue weighted by molar-refractivity contribution is -0.119. The van der Waals surface area contributed by atoms with E-state index in [0.29, 0.717) is 18.6 Å². The summed E-state index contributed by atoms with van der Waals surface area (Å²) in [6.07, 6.45) is 4.05. The fourth-order valence-corrected chi connectivity index (χ4v) is 1.93. The Bertz CT molecular complexity index is 204. The molecule has 15 heavy (non-hydrogen) atoms. The van der Waals surface area contributed by atoms with Gasteiger partial charge in [-0.2, -0.15) is 0 Å². The Morgan fingerprint density at radius 1 is 1.40 bits per heavy atom. The molecule has 0 saturated carbocycles. The molecule has 0 atom stereocenters. The van der Waals surface area contributed by atoms with Crippen LogP contribution >= 0.6 is 0 Å². The van der Waals surface area contributed by atoms with Crippen molar-refractivity contribution < 1.29 is 9.90 Å². The normalized spacial score (nSPS) is 21.5. The summed E-state index contributed by atoms with van der Waals surface area (Å²) in [7, 11) is 0. The van der Waals surface area contributed by atoms with E-state index in [9.17, 15) is 9.90 Å². The summed E-state index contributed by atoms with van der Waals surface area (Å²) in [4.78, 5) is 13.4. The third-order valence-corrected chi connectivity index (χ3v) is 3.26. The number of Topliss-reactive ketones (excluding diaryl/α,β-unsaturated/α-hetero) is 1. The average molecular weight is 213 g/mol. The molecule has 1 N–H and O–H groups in total. The van der Waals surface area contributed by atoms with Gasteiger partial charge in [-0.05, 0) is 32.7 Å². The smallest absolute Gasteiger partial charge is 0.132 e. The van der Waals surface area contributed by atoms with Gasteiger partial charge in [-0.15, -0.1) is 0 Å². The quantitative estimate of drug-likeness (QED) is 0.754. The van der Waals surface area contributed by atoms with Crippen molar-refractivity contribution >= 4 is 5.78 Å².